The fraction of sp³-hybridized carbons (Fsp3) is 0.263. The van der Waals surface area contributed by atoms with Gasteiger partial charge in [-0.25, -0.2) is 8.78 Å². The number of carbonyl (C=O) groups excluding carboxylic acids is 2. The molecule has 1 aliphatic heterocycles. The molecule has 0 saturated carbocycles. The van der Waals surface area contributed by atoms with Gasteiger partial charge >= 0.3 is 6.11 Å². The predicted octanol–water partition coefficient (Wildman–Crippen LogP) is 3.77. The Labute approximate surface area is 152 Å². The van der Waals surface area contributed by atoms with E-state index in [0.29, 0.717) is 10.5 Å². The summed E-state index contributed by atoms with van der Waals surface area (Å²) in [6.45, 7) is -1.74. The van der Waals surface area contributed by atoms with Gasteiger partial charge in [0.1, 0.15) is 0 Å². The largest absolute Gasteiger partial charge is 0.390 e. The van der Waals surface area contributed by atoms with E-state index in [2.05, 4.69) is 4.74 Å². The number of nitrogens with zero attached hydrogens (tertiary/aromatic N) is 1. The standard InChI is InChI=1S/C19H15F4NO3/c20-15(10-24-17(25)13-8-4-5-9-14(13)18(24)26)16(21)19(22,23)27-11-12-6-2-1-3-7-12/h1-9,15-16H,10-11H2. The molecule has 0 radical (unpaired) electrons. The van der Waals surface area contributed by atoms with Gasteiger partial charge in [-0.05, 0) is 17.7 Å². The third-order valence-corrected chi connectivity index (χ3v) is 4.15. The Balaban J connectivity index is 1.64. The number of carbonyl (C=O) groups is 2. The summed E-state index contributed by atoms with van der Waals surface area (Å²) in [5, 5.41) is 0. The highest BCUT2D eigenvalue weighted by Crippen LogP contribution is 2.30. The van der Waals surface area contributed by atoms with Crippen LogP contribution in [0, 0.1) is 0 Å². The third-order valence-electron chi connectivity index (χ3n) is 4.15. The first kappa shape index (κ1) is 19.0. The highest BCUT2D eigenvalue weighted by Gasteiger charge is 2.49. The van der Waals surface area contributed by atoms with E-state index in [0.717, 1.165) is 0 Å². The lowest BCUT2D eigenvalue weighted by Crippen LogP contribution is -2.46. The van der Waals surface area contributed by atoms with Gasteiger partial charge < -0.3 is 4.74 Å². The zero-order valence-electron chi connectivity index (χ0n) is 13.9. The van der Waals surface area contributed by atoms with Gasteiger partial charge in [-0.3, -0.25) is 14.5 Å². The number of amides is 2. The molecular formula is C19H15F4NO3. The maximum Gasteiger partial charge on any atom is 0.390 e. The number of benzene rings is 2. The van der Waals surface area contributed by atoms with Crippen molar-refractivity contribution in [3.8, 4) is 0 Å². The molecule has 0 aromatic heterocycles. The van der Waals surface area contributed by atoms with Crippen molar-refractivity contribution in [3.05, 3.63) is 71.3 Å². The first-order valence-corrected chi connectivity index (χ1v) is 8.10. The SMILES string of the molecule is O=C1c2ccccc2C(=O)N1CC(F)C(F)C(F)(F)OCc1ccccc1. The zero-order chi connectivity index (χ0) is 19.6. The van der Waals surface area contributed by atoms with Crippen LogP contribution in [0.15, 0.2) is 54.6 Å². The molecule has 2 aromatic carbocycles. The first-order valence-electron chi connectivity index (χ1n) is 8.10. The van der Waals surface area contributed by atoms with E-state index >= 15 is 0 Å². The quantitative estimate of drug-likeness (QED) is 0.542. The molecular weight excluding hydrogens is 366 g/mol. The van der Waals surface area contributed by atoms with E-state index in [1.165, 1.54) is 36.4 Å². The van der Waals surface area contributed by atoms with E-state index < -0.39 is 43.4 Å². The molecule has 2 unspecified atom stereocenters. The summed E-state index contributed by atoms with van der Waals surface area (Å²) in [5.41, 5.74) is 0.412. The Bertz CT molecular complexity index is 809. The number of alkyl halides is 4. The Morgan fingerprint density at radius 3 is 1.96 bits per heavy atom. The summed E-state index contributed by atoms with van der Waals surface area (Å²) in [6.07, 6.45) is -10.6. The zero-order valence-corrected chi connectivity index (χ0v) is 13.9. The van der Waals surface area contributed by atoms with E-state index in [-0.39, 0.29) is 11.1 Å². The molecule has 0 N–H and O–H groups in total. The summed E-state index contributed by atoms with van der Waals surface area (Å²) >= 11 is 0. The molecule has 0 saturated heterocycles. The molecule has 1 heterocycles. The van der Waals surface area contributed by atoms with Gasteiger partial charge in [-0.1, -0.05) is 42.5 Å². The number of hydrogen-bond acceptors (Lipinski definition) is 3. The third kappa shape index (κ3) is 3.85. The first-order chi connectivity index (χ1) is 12.8. The molecule has 0 bridgehead atoms. The second-order valence-corrected chi connectivity index (χ2v) is 6.02. The van der Waals surface area contributed by atoms with Crippen LogP contribution in [0.4, 0.5) is 17.6 Å². The molecule has 0 spiro atoms. The maximum absolute atomic E-state index is 14.2. The van der Waals surface area contributed by atoms with Crippen molar-refractivity contribution in [2.75, 3.05) is 6.54 Å². The molecule has 2 atom stereocenters. The lowest BCUT2D eigenvalue weighted by molar-refractivity contribution is -0.289. The van der Waals surface area contributed by atoms with Crippen molar-refractivity contribution in [2.24, 2.45) is 0 Å². The summed E-state index contributed by atoms with van der Waals surface area (Å²) < 4.78 is 60.1. The lowest BCUT2D eigenvalue weighted by atomic mass is 10.1. The average molecular weight is 381 g/mol. The molecule has 27 heavy (non-hydrogen) atoms. The molecule has 2 amide bonds. The van der Waals surface area contributed by atoms with Crippen LogP contribution in [0.1, 0.15) is 26.3 Å². The topological polar surface area (TPSA) is 46.6 Å². The minimum absolute atomic E-state index is 0.0252. The molecule has 3 rings (SSSR count). The van der Waals surface area contributed by atoms with E-state index in [4.69, 9.17) is 0 Å². The highest BCUT2D eigenvalue weighted by atomic mass is 19.3. The Morgan fingerprint density at radius 2 is 1.41 bits per heavy atom. The van der Waals surface area contributed by atoms with Gasteiger partial charge in [0.25, 0.3) is 11.8 Å². The van der Waals surface area contributed by atoms with Crippen molar-refractivity contribution < 1.29 is 31.9 Å². The molecule has 8 heteroatoms. The number of rotatable bonds is 7. The number of fused-ring (bicyclic) bond motifs is 1. The maximum atomic E-state index is 14.2. The number of hydrogen-bond donors (Lipinski definition) is 0. The minimum Gasteiger partial charge on any atom is -0.313 e. The normalized spacial score (nSPS) is 16.4. The van der Waals surface area contributed by atoms with E-state index in [1.807, 2.05) is 0 Å². The molecule has 4 nitrogen and oxygen atoms in total. The second-order valence-electron chi connectivity index (χ2n) is 6.02. The summed E-state index contributed by atoms with van der Waals surface area (Å²) in [5.74, 6) is -1.70. The molecule has 1 aliphatic rings. The number of ether oxygens (including phenoxy) is 1. The lowest BCUT2D eigenvalue weighted by Gasteiger charge is -2.25. The molecule has 0 fully saturated rings. The fourth-order valence-corrected chi connectivity index (χ4v) is 2.72. The minimum atomic E-state index is -4.42. The van der Waals surface area contributed by atoms with Gasteiger partial charge in [-0.15, -0.1) is 0 Å². The van der Waals surface area contributed by atoms with Crippen LogP contribution in [0.2, 0.25) is 0 Å². The number of halogens is 4. The van der Waals surface area contributed by atoms with Crippen molar-refractivity contribution in [1.82, 2.24) is 4.90 Å². The smallest absolute Gasteiger partial charge is 0.313 e. The van der Waals surface area contributed by atoms with Crippen LogP contribution in [-0.2, 0) is 11.3 Å². The fourth-order valence-electron chi connectivity index (χ4n) is 2.72. The Morgan fingerprint density at radius 1 is 0.889 bits per heavy atom. The summed E-state index contributed by atoms with van der Waals surface area (Å²) in [4.78, 5) is 24.7. The van der Waals surface area contributed by atoms with Crippen LogP contribution >= 0.6 is 0 Å². The van der Waals surface area contributed by atoms with Crippen molar-refractivity contribution in [2.45, 2.75) is 25.1 Å². The van der Waals surface area contributed by atoms with Crippen LogP contribution in [0.3, 0.4) is 0 Å². The predicted molar refractivity (Wildman–Crippen MR) is 87.8 cm³/mol. The van der Waals surface area contributed by atoms with Gasteiger partial charge in [0.2, 0.25) is 6.17 Å². The van der Waals surface area contributed by atoms with Gasteiger partial charge in [-0.2, -0.15) is 8.78 Å². The average Bonchev–Trinajstić information content (AvgIpc) is 2.92. The van der Waals surface area contributed by atoms with Crippen LogP contribution in [0.25, 0.3) is 0 Å². The highest BCUT2D eigenvalue weighted by molar-refractivity contribution is 6.21. The van der Waals surface area contributed by atoms with Gasteiger partial charge in [0.05, 0.1) is 24.3 Å². The van der Waals surface area contributed by atoms with Crippen LogP contribution < -0.4 is 0 Å². The van der Waals surface area contributed by atoms with Crippen molar-refractivity contribution in [1.29, 1.82) is 0 Å². The Hall–Kier alpha value is -2.74. The summed E-state index contributed by atoms with van der Waals surface area (Å²) in [7, 11) is 0. The van der Waals surface area contributed by atoms with E-state index in [9.17, 15) is 27.2 Å². The van der Waals surface area contributed by atoms with E-state index in [1.54, 1.807) is 18.2 Å². The van der Waals surface area contributed by atoms with Crippen LogP contribution in [-0.4, -0.2) is 41.7 Å². The van der Waals surface area contributed by atoms with Crippen molar-refractivity contribution >= 4 is 11.8 Å². The number of imide groups is 1. The van der Waals surface area contributed by atoms with Gasteiger partial charge in [0.15, 0.2) is 6.17 Å². The molecule has 0 aliphatic carbocycles. The van der Waals surface area contributed by atoms with Gasteiger partial charge in [0, 0.05) is 0 Å². The Kier molecular flexibility index (Phi) is 5.27. The van der Waals surface area contributed by atoms with Crippen LogP contribution in [0.5, 0.6) is 0 Å². The summed E-state index contributed by atoms with van der Waals surface area (Å²) in [6, 6.07) is 13.5. The van der Waals surface area contributed by atoms with Crippen molar-refractivity contribution in [3.63, 3.8) is 0 Å². The monoisotopic (exact) mass is 381 g/mol. The molecule has 142 valence electrons. The second kappa shape index (κ2) is 7.48. The molecule has 2 aromatic rings.